The predicted octanol–water partition coefficient (Wildman–Crippen LogP) is 8.34. The third-order valence-electron chi connectivity index (χ3n) is 7.14. The Hall–Kier alpha value is -4.33. The highest BCUT2D eigenvalue weighted by atomic mass is 16.4. The van der Waals surface area contributed by atoms with Crippen LogP contribution in [0.15, 0.2) is 91.0 Å². The number of aliphatic hydroxyl groups is 1. The minimum Gasteiger partial charge on any atom is -0.478 e. The van der Waals surface area contributed by atoms with Crippen LogP contribution in [0.25, 0.3) is 11.1 Å². The second-order valence-corrected chi connectivity index (χ2v) is 12.5. The normalized spacial score (nSPS) is 12.3. The largest absolute Gasteiger partial charge is 0.478 e. The quantitative estimate of drug-likeness (QED) is 0.213. The minimum atomic E-state index is -1.02. The van der Waals surface area contributed by atoms with Gasteiger partial charge in [0.15, 0.2) is 0 Å². The van der Waals surface area contributed by atoms with E-state index in [-0.39, 0.29) is 16.4 Å². The summed E-state index contributed by atoms with van der Waals surface area (Å²) in [6.45, 7) is 13.8. The number of hydrogen-bond donors (Lipinski definition) is 3. The molecule has 4 heteroatoms. The van der Waals surface area contributed by atoms with E-state index in [4.69, 9.17) is 5.11 Å². The maximum Gasteiger partial charge on any atom is 0.335 e. The Morgan fingerprint density at radius 1 is 0.829 bits per heavy atom. The average molecular weight is 546 g/mol. The molecule has 0 heterocycles. The summed E-state index contributed by atoms with van der Waals surface area (Å²) in [5, 5.41) is 24.1. The summed E-state index contributed by atoms with van der Waals surface area (Å²) < 4.78 is 0. The number of carboxylic acids is 1. The Labute approximate surface area is 244 Å². The van der Waals surface area contributed by atoms with Crippen molar-refractivity contribution in [2.75, 3.05) is 5.32 Å². The summed E-state index contributed by atoms with van der Waals surface area (Å²) in [6.07, 6.45) is -1.02. The number of benzene rings is 4. The molecule has 0 spiro atoms. The van der Waals surface area contributed by atoms with Crippen molar-refractivity contribution in [3.8, 4) is 23.0 Å². The molecule has 4 nitrogen and oxygen atoms in total. The van der Waals surface area contributed by atoms with Gasteiger partial charge >= 0.3 is 5.97 Å². The van der Waals surface area contributed by atoms with Crippen molar-refractivity contribution in [1.29, 1.82) is 0 Å². The van der Waals surface area contributed by atoms with Crippen molar-refractivity contribution in [2.45, 2.75) is 65.0 Å². The summed E-state index contributed by atoms with van der Waals surface area (Å²) in [4.78, 5) is 11.2. The molecule has 0 aliphatic heterocycles. The van der Waals surface area contributed by atoms with E-state index in [9.17, 15) is 9.90 Å². The molecular weight excluding hydrogens is 506 g/mol. The molecule has 41 heavy (non-hydrogen) atoms. The Morgan fingerprint density at radius 2 is 1.46 bits per heavy atom. The van der Waals surface area contributed by atoms with Crippen LogP contribution in [-0.2, 0) is 17.4 Å². The van der Waals surface area contributed by atoms with Gasteiger partial charge in [-0.25, -0.2) is 4.79 Å². The zero-order valence-corrected chi connectivity index (χ0v) is 24.7. The first kappa shape index (κ1) is 29.6. The molecule has 0 bridgehead atoms. The summed E-state index contributed by atoms with van der Waals surface area (Å²) in [5.74, 6) is 4.99. The summed E-state index contributed by atoms with van der Waals surface area (Å²) in [6, 6.07) is 29.4. The van der Waals surface area contributed by atoms with Crippen LogP contribution in [0.5, 0.6) is 0 Å². The lowest BCUT2D eigenvalue weighted by Crippen LogP contribution is -2.17. The van der Waals surface area contributed by atoms with Gasteiger partial charge in [-0.1, -0.05) is 108 Å². The fourth-order valence-electron chi connectivity index (χ4n) is 4.70. The van der Waals surface area contributed by atoms with Crippen LogP contribution in [0.1, 0.15) is 85.8 Å². The molecule has 4 rings (SSSR count). The number of hydrogen-bond acceptors (Lipinski definition) is 3. The fourth-order valence-corrected chi connectivity index (χ4v) is 4.70. The lowest BCUT2D eigenvalue weighted by Gasteiger charge is -2.28. The molecule has 3 N–H and O–H groups in total. The van der Waals surface area contributed by atoms with Crippen molar-refractivity contribution >= 4 is 11.7 Å². The third kappa shape index (κ3) is 7.45. The van der Waals surface area contributed by atoms with Gasteiger partial charge in [-0.3, -0.25) is 0 Å². The van der Waals surface area contributed by atoms with Gasteiger partial charge in [0.05, 0.1) is 5.56 Å². The minimum absolute atomic E-state index is 0.0415. The molecule has 0 aromatic heterocycles. The molecule has 0 aliphatic carbocycles. The Kier molecular flexibility index (Phi) is 8.71. The van der Waals surface area contributed by atoms with E-state index in [1.54, 1.807) is 12.1 Å². The van der Waals surface area contributed by atoms with Crippen LogP contribution in [-0.4, -0.2) is 16.2 Å². The third-order valence-corrected chi connectivity index (χ3v) is 7.14. The van der Waals surface area contributed by atoms with E-state index in [1.165, 1.54) is 23.3 Å². The van der Waals surface area contributed by atoms with Gasteiger partial charge in [-0.05, 0) is 75.0 Å². The van der Waals surface area contributed by atoms with E-state index in [0.29, 0.717) is 17.7 Å². The number of rotatable bonds is 6. The molecule has 0 radical (unpaired) electrons. The van der Waals surface area contributed by atoms with Crippen molar-refractivity contribution < 1.29 is 15.0 Å². The van der Waals surface area contributed by atoms with Crippen molar-refractivity contribution in [3.63, 3.8) is 0 Å². The van der Waals surface area contributed by atoms with Gasteiger partial charge in [0.1, 0.15) is 6.10 Å². The molecule has 0 fully saturated rings. The van der Waals surface area contributed by atoms with Crippen LogP contribution < -0.4 is 5.32 Å². The number of aromatic carboxylic acids is 1. The van der Waals surface area contributed by atoms with Crippen molar-refractivity contribution in [2.24, 2.45) is 0 Å². The SMILES string of the molecule is CC(C)(C)c1ccc(-c2cc(C(O)C#Cc3ccc(C(=O)O)cc3)cc(C(C)(C)C)c2NCc2ccccc2)cc1. The highest BCUT2D eigenvalue weighted by Gasteiger charge is 2.24. The maximum absolute atomic E-state index is 11.2. The van der Waals surface area contributed by atoms with Gasteiger partial charge in [0, 0.05) is 23.4 Å². The molecule has 1 atom stereocenters. The Morgan fingerprint density at radius 3 is 2.02 bits per heavy atom. The molecular formula is C37H39NO3. The number of carboxylic acid groups (broad SMARTS) is 1. The average Bonchev–Trinajstić information content (AvgIpc) is 2.94. The molecule has 1 unspecified atom stereocenters. The lowest BCUT2D eigenvalue weighted by molar-refractivity contribution is 0.0697. The van der Waals surface area contributed by atoms with Gasteiger partial charge < -0.3 is 15.5 Å². The molecule has 210 valence electrons. The molecule has 0 saturated carbocycles. The highest BCUT2D eigenvalue weighted by Crippen LogP contribution is 2.41. The van der Waals surface area contributed by atoms with Gasteiger partial charge in [0.2, 0.25) is 0 Å². The zero-order chi connectivity index (χ0) is 29.8. The monoisotopic (exact) mass is 545 g/mol. The van der Waals surface area contributed by atoms with Crippen molar-refractivity contribution in [3.05, 3.63) is 124 Å². The number of carbonyl (C=O) groups is 1. The molecule has 4 aromatic carbocycles. The van der Waals surface area contributed by atoms with Crippen LogP contribution in [0.2, 0.25) is 0 Å². The van der Waals surface area contributed by atoms with E-state index >= 15 is 0 Å². The van der Waals surface area contributed by atoms with Crippen LogP contribution in [0.4, 0.5) is 5.69 Å². The number of anilines is 1. The molecule has 0 amide bonds. The van der Waals surface area contributed by atoms with E-state index in [0.717, 1.165) is 22.4 Å². The predicted molar refractivity (Wildman–Crippen MR) is 168 cm³/mol. The Balaban J connectivity index is 1.81. The summed E-state index contributed by atoms with van der Waals surface area (Å²) in [7, 11) is 0. The molecule has 0 aliphatic rings. The van der Waals surface area contributed by atoms with Crippen molar-refractivity contribution in [1.82, 2.24) is 0 Å². The smallest absolute Gasteiger partial charge is 0.335 e. The molecule has 0 saturated heterocycles. The highest BCUT2D eigenvalue weighted by molar-refractivity contribution is 5.87. The van der Waals surface area contributed by atoms with E-state index in [1.807, 2.05) is 30.3 Å². The van der Waals surface area contributed by atoms with E-state index in [2.05, 4.69) is 95.1 Å². The van der Waals surface area contributed by atoms with Crippen LogP contribution >= 0.6 is 0 Å². The fraction of sp³-hybridized carbons (Fsp3) is 0.270. The van der Waals surface area contributed by atoms with Crippen LogP contribution in [0, 0.1) is 11.8 Å². The second kappa shape index (κ2) is 12.0. The van der Waals surface area contributed by atoms with Gasteiger partial charge in [-0.15, -0.1) is 0 Å². The first-order valence-electron chi connectivity index (χ1n) is 13.9. The maximum atomic E-state index is 11.2. The topological polar surface area (TPSA) is 69.6 Å². The standard InChI is InChI=1S/C37H39NO3/c1-36(2,3)30-19-17-27(18-20-30)31-22-29(33(39)21-14-25-12-15-28(16-13-25)35(40)41)23-32(37(4,5)6)34(31)38-24-26-10-8-7-9-11-26/h7-13,15-20,22-23,33,38-39H,24H2,1-6H3,(H,40,41). The van der Waals surface area contributed by atoms with Gasteiger partial charge in [-0.2, -0.15) is 0 Å². The summed E-state index contributed by atoms with van der Waals surface area (Å²) >= 11 is 0. The Bertz CT molecular complexity index is 1560. The second-order valence-electron chi connectivity index (χ2n) is 12.5. The van der Waals surface area contributed by atoms with Gasteiger partial charge in [0.25, 0.3) is 0 Å². The van der Waals surface area contributed by atoms with E-state index < -0.39 is 12.1 Å². The first-order valence-corrected chi connectivity index (χ1v) is 13.9. The molecule has 4 aromatic rings. The zero-order valence-electron chi connectivity index (χ0n) is 24.7. The van der Waals surface area contributed by atoms with Crippen LogP contribution in [0.3, 0.4) is 0 Å². The summed E-state index contributed by atoms with van der Waals surface area (Å²) in [5.41, 5.74) is 8.03. The lowest BCUT2D eigenvalue weighted by atomic mass is 9.81. The number of aliphatic hydroxyl groups excluding tert-OH is 1. The number of nitrogens with one attached hydrogen (secondary N) is 1. The first-order chi connectivity index (χ1) is 19.3.